The maximum Gasteiger partial charge on any atom is 0.263 e. The van der Waals surface area contributed by atoms with Gasteiger partial charge in [0, 0.05) is 18.2 Å². The lowest BCUT2D eigenvalue weighted by atomic mass is 10.1. The third kappa shape index (κ3) is 2.72. The number of carbonyl (C=O) groups excluding carboxylic acids is 2. The van der Waals surface area contributed by atoms with Crippen molar-refractivity contribution in [3.63, 3.8) is 0 Å². The maximum absolute atomic E-state index is 13.1. The van der Waals surface area contributed by atoms with Crippen molar-refractivity contribution in [3.8, 4) is 17.2 Å². The van der Waals surface area contributed by atoms with Gasteiger partial charge in [-0.1, -0.05) is 5.22 Å². The molecule has 9 heteroatoms. The average Bonchev–Trinajstić information content (AvgIpc) is 3.28. The van der Waals surface area contributed by atoms with E-state index in [2.05, 4.69) is 10.3 Å². The van der Waals surface area contributed by atoms with Crippen molar-refractivity contribution in [2.75, 3.05) is 31.2 Å². The van der Waals surface area contributed by atoms with Crippen LogP contribution in [0.3, 0.4) is 0 Å². The van der Waals surface area contributed by atoms with E-state index >= 15 is 0 Å². The zero-order valence-electron chi connectivity index (χ0n) is 15.5. The fourth-order valence-electron chi connectivity index (χ4n) is 3.28. The molecular weight excluding hydrogens is 364 g/mol. The van der Waals surface area contributed by atoms with Gasteiger partial charge in [0.15, 0.2) is 12.1 Å². The summed E-state index contributed by atoms with van der Waals surface area (Å²) in [5.41, 5.74) is 1.01. The standard InChI is InChI=1S/C19H18N4O5/c1-26-13-6-4-11(5-7-13)22-18(24)16-17(19(22)25)23(21-20-16)12-8-14(27-2)10-15(9-12)28-3/h4-10,16-17H,1-3H3/t16-,17-/m0/s1. The van der Waals surface area contributed by atoms with Crippen molar-refractivity contribution in [3.05, 3.63) is 42.5 Å². The van der Waals surface area contributed by atoms with E-state index < -0.39 is 23.9 Å². The summed E-state index contributed by atoms with van der Waals surface area (Å²) in [6.45, 7) is 0. The fourth-order valence-corrected chi connectivity index (χ4v) is 3.28. The van der Waals surface area contributed by atoms with E-state index in [1.54, 1.807) is 49.6 Å². The van der Waals surface area contributed by atoms with Crippen LogP contribution in [0, 0.1) is 0 Å². The molecule has 9 nitrogen and oxygen atoms in total. The predicted octanol–water partition coefficient (Wildman–Crippen LogP) is 2.21. The summed E-state index contributed by atoms with van der Waals surface area (Å²) in [4.78, 5) is 27.1. The van der Waals surface area contributed by atoms with Gasteiger partial charge < -0.3 is 14.2 Å². The Labute approximate surface area is 161 Å². The first kappa shape index (κ1) is 17.8. The third-order valence-corrected chi connectivity index (χ3v) is 4.71. The van der Waals surface area contributed by atoms with E-state index in [9.17, 15) is 9.59 Å². The van der Waals surface area contributed by atoms with Crippen LogP contribution < -0.4 is 24.1 Å². The summed E-state index contributed by atoms with van der Waals surface area (Å²) >= 11 is 0. The predicted molar refractivity (Wildman–Crippen MR) is 99.9 cm³/mol. The molecule has 0 radical (unpaired) electrons. The largest absolute Gasteiger partial charge is 0.497 e. The Bertz CT molecular complexity index is 937. The molecule has 28 heavy (non-hydrogen) atoms. The summed E-state index contributed by atoms with van der Waals surface area (Å²) in [6.07, 6.45) is 0. The highest BCUT2D eigenvalue weighted by Crippen LogP contribution is 2.37. The van der Waals surface area contributed by atoms with Gasteiger partial charge in [-0.25, -0.2) is 9.91 Å². The Morgan fingerprint density at radius 3 is 1.96 bits per heavy atom. The molecule has 4 rings (SSSR count). The van der Waals surface area contributed by atoms with Crippen LogP contribution in [-0.2, 0) is 9.59 Å². The highest BCUT2D eigenvalue weighted by Gasteiger charge is 2.55. The Kier molecular flexibility index (Phi) is 4.34. The van der Waals surface area contributed by atoms with Crippen LogP contribution >= 0.6 is 0 Å². The minimum absolute atomic E-state index is 0.396. The normalized spacial score (nSPS) is 20.5. The van der Waals surface area contributed by atoms with E-state index in [1.807, 2.05) is 0 Å². The molecule has 2 heterocycles. The zero-order chi connectivity index (χ0) is 19.8. The number of nitrogens with zero attached hydrogens (tertiary/aromatic N) is 4. The second-order valence-corrected chi connectivity index (χ2v) is 6.22. The van der Waals surface area contributed by atoms with Crippen molar-refractivity contribution in [2.24, 2.45) is 10.3 Å². The van der Waals surface area contributed by atoms with Crippen LogP contribution in [0.1, 0.15) is 0 Å². The second-order valence-electron chi connectivity index (χ2n) is 6.22. The molecule has 0 bridgehead atoms. The molecule has 2 amide bonds. The number of anilines is 2. The van der Waals surface area contributed by atoms with Crippen molar-refractivity contribution >= 4 is 23.2 Å². The number of fused-ring (bicyclic) bond motifs is 1. The van der Waals surface area contributed by atoms with Crippen LogP contribution in [-0.4, -0.2) is 45.2 Å². The molecule has 1 saturated heterocycles. The van der Waals surface area contributed by atoms with E-state index in [0.717, 1.165) is 4.90 Å². The molecule has 2 aromatic carbocycles. The van der Waals surface area contributed by atoms with Crippen LogP contribution in [0.4, 0.5) is 11.4 Å². The van der Waals surface area contributed by atoms with Gasteiger partial charge in [0.1, 0.15) is 17.2 Å². The molecule has 2 aliphatic rings. The molecule has 0 aliphatic carbocycles. The lowest BCUT2D eigenvalue weighted by molar-refractivity contribution is -0.121. The van der Waals surface area contributed by atoms with Gasteiger partial charge in [-0.15, -0.1) is 0 Å². The number of carbonyl (C=O) groups is 2. The molecule has 2 aliphatic heterocycles. The van der Waals surface area contributed by atoms with E-state index in [1.165, 1.54) is 19.2 Å². The first-order chi connectivity index (χ1) is 13.6. The third-order valence-electron chi connectivity index (χ3n) is 4.71. The van der Waals surface area contributed by atoms with Gasteiger partial charge >= 0.3 is 0 Å². The zero-order valence-corrected chi connectivity index (χ0v) is 15.5. The number of hydrogen-bond donors (Lipinski definition) is 0. The number of methoxy groups -OCH3 is 3. The van der Waals surface area contributed by atoms with Crippen molar-refractivity contribution < 1.29 is 23.8 Å². The van der Waals surface area contributed by atoms with Gasteiger partial charge in [0.2, 0.25) is 0 Å². The van der Waals surface area contributed by atoms with Gasteiger partial charge in [-0.05, 0) is 24.3 Å². The van der Waals surface area contributed by atoms with E-state index in [0.29, 0.717) is 28.6 Å². The maximum atomic E-state index is 13.1. The topological polar surface area (TPSA) is 93.0 Å². The Morgan fingerprint density at radius 1 is 0.786 bits per heavy atom. The molecule has 1 fully saturated rings. The Balaban J connectivity index is 1.68. The molecule has 0 N–H and O–H groups in total. The lowest BCUT2D eigenvalue weighted by Gasteiger charge is -2.21. The highest BCUT2D eigenvalue weighted by molar-refractivity contribution is 6.26. The van der Waals surface area contributed by atoms with Gasteiger partial charge in [-0.3, -0.25) is 9.59 Å². The fraction of sp³-hybridized carbons (Fsp3) is 0.263. The first-order valence-electron chi connectivity index (χ1n) is 8.52. The summed E-state index contributed by atoms with van der Waals surface area (Å²) < 4.78 is 15.7. The van der Waals surface area contributed by atoms with Crippen LogP contribution in [0.2, 0.25) is 0 Å². The second kappa shape index (κ2) is 6.84. The van der Waals surface area contributed by atoms with Crippen molar-refractivity contribution in [1.82, 2.24) is 0 Å². The van der Waals surface area contributed by atoms with Gasteiger partial charge in [-0.2, -0.15) is 5.11 Å². The number of ether oxygens (including phenoxy) is 3. The molecule has 0 unspecified atom stereocenters. The van der Waals surface area contributed by atoms with Gasteiger partial charge in [0.25, 0.3) is 11.8 Å². The van der Waals surface area contributed by atoms with E-state index in [-0.39, 0.29) is 0 Å². The summed E-state index contributed by atoms with van der Waals surface area (Å²) in [5, 5.41) is 9.53. The monoisotopic (exact) mass is 382 g/mol. The van der Waals surface area contributed by atoms with Crippen LogP contribution in [0.5, 0.6) is 17.2 Å². The molecule has 2 aromatic rings. The quantitative estimate of drug-likeness (QED) is 0.736. The van der Waals surface area contributed by atoms with Crippen molar-refractivity contribution in [2.45, 2.75) is 12.1 Å². The van der Waals surface area contributed by atoms with Crippen LogP contribution in [0.15, 0.2) is 52.8 Å². The first-order valence-corrected chi connectivity index (χ1v) is 8.52. The highest BCUT2D eigenvalue weighted by atomic mass is 16.5. The minimum Gasteiger partial charge on any atom is -0.497 e. The Hall–Kier alpha value is -3.62. The Morgan fingerprint density at radius 2 is 1.39 bits per heavy atom. The molecule has 0 spiro atoms. The van der Waals surface area contributed by atoms with E-state index in [4.69, 9.17) is 14.2 Å². The lowest BCUT2D eigenvalue weighted by Crippen LogP contribution is -2.39. The van der Waals surface area contributed by atoms with Crippen LogP contribution in [0.25, 0.3) is 0 Å². The summed E-state index contributed by atoms with van der Waals surface area (Å²) in [6, 6.07) is 10.1. The number of benzene rings is 2. The molecule has 144 valence electrons. The smallest absolute Gasteiger partial charge is 0.263 e. The molecule has 0 aromatic heterocycles. The SMILES string of the molecule is COc1ccc(N2C(=O)[C@H]3N=NN(c4cc(OC)cc(OC)c4)[C@@H]3C2=O)cc1. The molecular formula is C19H18N4O5. The molecule has 2 atom stereocenters. The molecule has 0 saturated carbocycles. The van der Waals surface area contributed by atoms with Crippen molar-refractivity contribution in [1.29, 1.82) is 0 Å². The minimum atomic E-state index is -0.896. The number of hydrogen-bond acceptors (Lipinski definition) is 8. The average molecular weight is 382 g/mol. The summed E-state index contributed by atoms with van der Waals surface area (Å²) in [7, 11) is 4.61. The van der Waals surface area contributed by atoms with Gasteiger partial charge in [0.05, 0.1) is 32.7 Å². The number of rotatable bonds is 5. The number of amides is 2. The number of imide groups is 1. The summed E-state index contributed by atoms with van der Waals surface area (Å²) in [5.74, 6) is 0.898.